The number of carbonyl (C=O) groups is 1. The number of amides is 1. The Morgan fingerprint density at radius 1 is 0.966 bits per heavy atom. The minimum Gasteiger partial charge on any atom is -0.497 e. The molecule has 3 aromatic rings. The average Bonchev–Trinajstić information content (AvgIpc) is 3.06. The van der Waals surface area contributed by atoms with Crippen molar-refractivity contribution < 1.29 is 9.53 Å². The molecule has 2 aromatic carbocycles. The zero-order valence-corrected chi connectivity index (χ0v) is 17.8. The number of hydrogen-bond acceptors (Lipinski definition) is 3. The summed E-state index contributed by atoms with van der Waals surface area (Å²) in [6, 6.07) is 19.9. The lowest BCUT2D eigenvalue weighted by Gasteiger charge is -2.25. The molecule has 3 rings (SSSR count). The van der Waals surface area contributed by atoms with Crippen LogP contribution in [0.1, 0.15) is 33.4 Å². The van der Waals surface area contributed by atoms with Crippen LogP contribution in [0.15, 0.2) is 60.7 Å². The van der Waals surface area contributed by atoms with Gasteiger partial charge in [0.15, 0.2) is 0 Å². The second kappa shape index (κ2) is 8.97. The van der Waals surface area contributed by atoms with E-state index in [1.54, 1.807) is 7.11 Å². The highest BCUT2D eigenvalue weighted by atomic mass is 16.5. The molecule has 1 atom stereocenters. The lowest BCUT2D eigenvalue weighted by atomic mass is 10.1. The third-order valence-electron chi connectivity index (χ3n) is 5.24. The van der Waals surface area contributed by atoms with Crippen LogP contribution in [0.4, 0.5) is 0 Å². The molecule has 0 spiro atoms. The summed E-state index contributed by atoms with van der Waals surface area (Å²) in [5, 5.41) is 3.07. The topological polar surface area (TPSA) is 46.5 Å². The predicted molar refractivity (Wildman–Crippen MR) is 117 cm³/mol. The van der Waals surface area contributed by atoms with Gasteiger partial charge in [-0.15, -0.1) is 0 Å². The number of hydrogen-bond donors (Lipinski definition) is 1. The van der Waals surface area contributed by atoms with Crippen LogP contribution in [0.25, 0.3) is 5.69 Å². The molecule has 0 saturated carbocycles. The van der Waals surface area contributed by atoms with Gasteiger partial charge in [0.05, 0.1) is 13.2 Å². The van der Waals surface area contributed by atoms with Crippen molar-refractivity contribution >= 4 is 5.91 Å². The fourth-order valence-corrected chi connectivity index (χ4v) is 3.55. The van der Waals surface area contributed by atoms with Crippen LogP contribution in [-0.4, -0.2) is 43.1 Å². The molecule has 0 radical (unpaired) electrons. The Morgan fingerprint density at radius 2 is 1.55 bits per heavy atom. The van der Waals surface area contributed by atoms with E-state index in [0.717, 1.165) is 17.0 Å². The van der Waals surface area contributed by atoms with E-state index in [4.69, 9.17) is 4.74 Å². The van der Waals surface area contributed by atoms with E-state index in [9.17, 15) is 4.79 Å². The smallest absolute Gasteiger partial charge is 0.251 e. The summed E-state index contributed by atoms with van der Waals surface area (Å²) in [5.41, 5.74) is 5.19. The maximum Gasteiger partial charge on any atom is 0.251 e. The van der Waals surface area contributed by atoms with Gasteiger partial charge in [-0.25, -0.2) is 0 Å². The second-order valence-electron chi connectivity index (χ2n) is 7.46. The van der Waals surface area contributed by atoms with Gasteiger partial charge in [0.2, 0.25) is 0 Å². The number of methoxy groups -OCH3 is 1. The summed E-state index contributed by atoms with van der Waals surface area (Å²) < 4.78 is 7.41. The van der Waals surface area contributed by atoms with Crippen molar-refractivity contribution in [2.24, 2.45) is 0 Å². The molecule has 0 fully saturated rings. The van der Waals surface area contributed by atoms with Gasteiger partial charge < -0.3 is 19.5 Å². The minimum atomic E-state index is -0.0714. The van der Waals surface area contributed by atoms with E-state index in [0.29, 0.717) is 12.1 Å². The highest BCUT2D eigenvalue weighted by Gasteiger charge is 2.16. The van der Waals surface area contributed by atoms with Crippen LogP contribution in [0.2, 0.25) is 0 Å². The average molecular weight is 392 g/mol. The molecule has 0 aliphatic heterocycles. The van der Waals surface area contributed by atoms with Gasteiger partial charge >= 0.3 is 0 Å². The second-order valence-corrected chi connectivity index (χ2v) is 7.46. The lowest BCUT2D eigenvalue weighted by Crippen LogP contribution is -2.34. The molecule has 1 N–H and O–H groups in total. The highest BCUT2D eigenvalue weighted by molar-refractivity contribution is 5.94. The van der Waals surface area contributed by atoms with E-state index >= 15 is 0 Å². The molecule has 5 heteroatoms. The third kappa shape index (κ3) is 4.69. The summed E-state index contributed by atoms with van der Waals surface area (Å²) in [5.74, 6) is 0.751. The number of nitrogens with zero attached hydrogens (tertiary/aromatic N) is 2. The van der Waals surface area contributed by atoms with E-state index in [1.165, 1.54) is 11.4 Å². The fourth-order valence-electron chi connectivity index (χ4n) is 3.55. The molecule has 1 aromatic heterocycles. The molecule has 5 nitrogen and oxygen atoms in total. The standard InChI is InChI=1S/C24H29N3O2/c1-17-6-7-18(2)27(17)21-12-8-20(9-13-21)24(28)25-16-23(26(3)4)19-10-14-22(29-5)15-11-19/h6-15,23H,16H2,1-5H3,(H,25,28). The number of likely N-dealkylation sites (N-methyl/N-ethyl adjacent to an activating group) is 1. The van der Waals surface area contributed by atoms with Crippen LogP contribution < -0.4 is 10.1 Å². The monoisotopic (exact) mass is 391 g/mol. The van der Waals surface area contributed by atoms with Gasteiger partial charge in [0.25, 0.3) is 5.91 Å². The van der Waals surface area contributed by atoms with E-state index in [-0.39, 0.29) is 11.9 Å². The van der Waals surface area contributed by atoms with Crippen molar-refractivity contribution in [3.05, 3.63) is 83.2 Å². The van der Waals surface area contributed by atoms with Gasteiger partial charge in [0, 0.05) is 29.2 Å². The Hall–Kier alpha value is -3.05. The molecule has 1 amide bonds. The lowest BCUT2D eigenvalue weighted by molar-refractivity contribution is 0.0942. The Balaban J connectivity index is 1.68. The van der Waals surface area contributed by atoms with Crippen molar-refractivity contribution in [3.8, 4) is 11.4 Å². The van der Waals surface area contributed by atoms with Gasteiger partial charge in [-0.3, -0.25) is 4.79 Å². The Labute approximate surface area is 172 Å². The number of rotatable bonds is 7. The van der Waals surface area contributed by atoms with Crippen molar-refractivity contribution in [2.45, 2.75) is 19.9 Å². The highest BCUT2D eigenvalue weighted by Crippen LogP contribution is 2.21. The maximum atomic E-state index is 12.7. The first-order valence-corrected chi connectivity index (χ1v) is 9.74. The molecular weight excluding hydrogens is 362 g/mol. The predicted octanol–water partition coefficient (Wildman–Crippen LogP) is 4.14. The van der Waals surface area contributed by atoms with E-state index in [1.807, 2.05) is 62.6 Å². The SMILES string of the molecule is COc1ccc(C(CNC(=O)c2ccc(-n3c(C)ccc3C)cc2)N(C)C)cc1. The zero-order valence-electron chi connectivity index (χ0n) is 17.8. The number of carbonyl (C=O) groups excluding carboxylic acids is 1. The van der Waals surface area contributed by atoms with E-state index in [2.05, 4.69) is 40.8 Å². The molecular formula is C24H29N3O2. The summed E-state index contributed by atoms with van der Waals surface area (Å²) in [7, 11) is 5.68. The number of aryl methyl sites for hydroxylation is 2. The summed E-state index contributed by atoms with van der Waals surface area (Å²) in [6.07, 6.45) is 0. The molecule has 0 aliphatic carbocycles. The van der Waals surface area contributed by atoms with Gasteiger partial charge in [-0.05, 0) is 82.0 Å². The quantitative estimate of drug-likeness (QED) is 0.659. The van der Waals surface area contributed by atoms with Crippen molar-refractivity contribution in [1.29, 1.82) is 0 Å². The number of nitrogens with one attached hydrogen (secondary N) is 1. The van der Waals surface area contributed by atoms with Crippen molar-refractivity contribution in [2.75, 3.05) is 27.7 Å². The van der Waals surface area contributed by atoms with Crippen LogP contribution >= 0.6 is 0 Å². The molecule has 0 aliphatic rings. The molecule has 1 unspecified atom stereocenters. The van der Waals surface area contributed by atoms with E-state index < -0.39 is 0 Å². The first kappa shape index (κ1) is 20.7. The molecule has 29 heavy (non-hydrogen) atoms. The molecule has 152 valence electrons. The van der Waals surface area contributed by atoms with Crippen LogP contribution in [0.5, 0.6) is 5.75 Å². The van der Waals surface area contributed by atoms with Crippen LogP contribution in [-0.2, 0) is 0 Å². The third-order valence-corrected chi connectivity index (χ3v) is 5.24. The maximum absolute atomic E-state index is 12.7. The fraction of sp³-hybridized carbons (Fsp3) is 0.292. The number of aromatic nitrogens is 1. The van der Waals surface area contributed by atoms with Gasteiger partial charge in [0.1, 0.15) is 5.75 Å². The zero-order chi connectivity index (χ0) is 21.0. The minimum absolute atomic E-state index is 0.0714. The summed E-state index contributed by atoms with van der Waals surface area (Å²) in [4.78, 5) is 14.8. The van der Waals surface area contributed by atoms with Gasteiger partial charge in [-0.2, -0.15) is 0 Å². The number of ether oxygens (including phenoxy) is 1. The molecule has 0 bridgehead atoms. The Bertz CT molecular complexity index is 937. The molecule has 0 saturated heterocycles. The summed E-state index contributed by atoms with van der Waals surface area (Å²) >= 11 is 0. The number of benzene rings is 2. The molecule has 1 heterocycles. The first-order chi connectivity index (χ1) is 13.9. The summed E-state index contributed by atoms with van der Waals surface area (Å²) in [6.45, 7) is 4.68. The Kier molecular flexibility index (Phi) is 6.39. The van der Waals surface area contributed by atoms with Crippen molar-refractivity contribution in [1.82, 2.24) is 14.8 Å². The first-order valence-electron chi connectivity index (χ1n) is 9.74. The van der Waals surface area contributed by atoms with Gasteiger partial charge in [-0.1, -0.05) is 12.1 Å². The largest absolute Gasteiger partial charge is 0.497 e. The van der Waals surface area contributed by atoms with Crippen LogP contribution in [0, 0.1) is 13.8 Å². The van der Waals surface area contributed by atoms with Crippen LogP contribution in [0.3, 0.4) is 0 Å². The Morgan fingerprint density at radius 3 is 2.07 bits per heavy atom. The normalized spacial score (nSPS) is 12.1. The van der Waals surface area contributed by atoms with Crippen molar-refractivity contribution in [3.63, 3.8) is 0 Å².